The van der Waals surface area contributed by atoms with Crippen molar-refractivity contribution in [3.63, 3.8) is 0 Å². The third kappa shape index (κ3) is 3.66. The molecule has 18 heavy (non-hydrogen) atoms. The smallest absolute Gasteiger partial charge is 0.271 e. The Morgan fingerprint density at radius 2 is 2.44 bits per heavy atom. The molecule has 98 valence electrons. The van der Waals surface area contributed by atoms with E-state index in [-0.39, 0.29) is 17.2 Å². The Balaban J connectivity index is 1.74. The maximum absolute atomic E-state index is 11.7. The van der Waals surface area contributed by atoms with Crippen molar-refractivity contribution >= 4 is 5.91 Å². The van der Waals surface area contributed by atoms with Crippen LogP contribution in [-0.4, -0.2) is 35.5 Å². The summed E-state index contributed by atoms with van der Waals surface area (Å²) in [6.45, 7) is 2.78. The fourth-order valence-electron chi connectivity index (χ4n) is 2.12. The van der Waals surface area contributed by atoms with Crippen LogP contribution in [-0.2, 0) is 0 Å². The Labute approximate surface area is 105 Å². The average molecular weight is 250 g/mol. The second-order valence-electron chi connectivity index (χ2n) is 4.55. The zero-order valence-corrected chi connectivity index (χ0v) is 10.2. The third-order valence-electron chi connectivity index (χ3n) is 3.14. The number of nitrogens with zero attached hydrogens (tertiary/aromatic N) is 1. The first-order valence-corrected chi connectivity index (χ1v) is 6.29. The van der Waals surface area contributed by atoms with Crippen molar-refractivity contribution in [2.75, 3.05) is 19.6 Å². The maximum Gasteiger partial charge on any atom is 0.271 e. The van der Waals surface area contributed by atoms with E-state index >= 15 is 0 Å². The summed E-state index contributed by atoms with van der Waals surface area (Å²) in [4.78, 5) is 28.7. The molecule has 1 aliphatic rings. The highest BCUT2D eigenvalue weighted by Crippen LogP contribution is 2.12. The molecular weight excluding hydrogens is 232 g/mol. The molecule has 0 radical (unpaired) electrons. The van der Waals surface area contributed by atoms with Crippen LogP contribution in [0.3, 0.4) is 0 Å². The Morgan fingerprint density at radius 1 is 1.56 bits per heavy atom. The lowest BCUT2D eigenvalue weighted by atomic mass is 9.96. The molecule has 0 aliphatic carbocycles. The number of piperidine rings is 1. The molecule has 0 bridgehead atoms. The third-order valence-corrected chi connectivity index (χ3v) is 3.14. The van der Waals surface area contributed by atoms with Crippen molar-refractivity contribution in [1.29, 1.82) is 0 Å². The van der Waals surface area contributed by atoms with Crippen LogP contribution in [0.1, 0.15) is 29.8 Å². The summed E-state index contributed by atoms with van der Waals surface area (Å²) in [5.41, 5.74) is -0.0591. The van der Waals surface area contributed by atoms with Gasteiger partial charge in [0.15, 0.2) is 0 Å². The summed E-state index contributed by atoms with van der Waals surface area (Å²) in [5, 5.41) is 6.16. The largest absolute Gasteiger partial charge is 0.351 e. The molecule has 1 aliphatic heterocycles. The topological polar surface area (TPSA) is 86.9 Å². The Morgan fingerprint density at radius 3 is 3.11 bits per heavy atom. The molecule has 6 heteroatoms. The van der Waals surface area contributed by atoms with Crippen molar-refractivity contribution in [3.05, 3.63) is 28.4 Å². The van der Waals surface area contributed by atoms with Gasteiger partial charge in [0, 0.05) is 12.7 Å². The van der Waals surface area contributed by atoms with Gasteiger partial charge >= 0.3 is 0 Å². The molecule has 2 rings (SSSR count). The first kappa shape index (κ1) is 12.8. The fourth-order valence-corrected chi connectivity index (χ4v) is 2.12. The lowest BCUT2D eigenvalue weighted by molar-refractivity contribution is 0.0945. The van der Waals surface area contributed by atoms with E-state index in [0.717, 1.165) is 25.7 Å². The molecule has 0 aromatic carbocycles. The van der Waals surface area contributed by atoms with Crippen LogP contribution in [0.2, 0.25) is 0 Å². The van der Waals surface area contributed by atoms with E-state index in [9.17, 15) is 9.59 Å². The number of aromatic nitrogens is 2. The average Bonchev–Trinajstić information content (AvgIpc) is 2.40. The van der Waals surface area contributed by atoms with Gasteiger partial charge in [-0.25, -0.2) is 4.98 Å². The van der Waals surface area contributed by atoms with E-state index in [2.05, 4.69) is 20.6 Å². The number of H-pyrrole nitrogens is 1. The van der Waals surface area contributed by atoms with E-state index < -0.39 is 0 Å². The van der Waals surface area contributed by atoms with Gasteiger partial charge in [-0.15, -0.1) is 0 Å². The van der Waals surface area contributed by atoms with E-state index in [1.54, 1.807) is 0 Å². The van der Waals surface area contributed by atoms with Crippen LogP contribution in [0.25, 0.3) is 0 Å². The van der Waals surface area contributed by atoms with E-state index in [0.29, 0.717) is 12.5 Å². The van der Waals surface area contributed by atoms with E-state index in [1.165, 1.54) is 19.0 Å². The maximum atomic E-state index is 11.7. The summed E-state index contributed by atoms with van der Waals surface area (Å²) in [5.74, 6) is 0.401. The second kappa shape index (κ2) is 6.30. The number of hydrogen-bond donors (Lipinski definition) is 3. The molecule has 1 aromatic heterocycles. The van der Waals surface area contributed by atoms with Gasteiger partial charge in [-0.2, -0.15) is 0 Å². The van der Waals surface area contributed by atoms with Crippen LogP contribution < -0.4 is 16.2 Å². The number of rotatable bonds is 4. The minimum atomic E-state index is -0.306. The van der Waals surface area contributed by atoms with Gasteiger partial charge in [-0.3, -0.25) is 9.59 Å². The molecule has 1 fully saturated rings. The number of amides is 1. The Hall–Kier alpha value is -1.69. The van der Waals surface area contributed by atoms with Crippen LogP contribution in [0, 0.1) is 5.92 Å². The zero-order valence-electron chi connectivity index (χ0n) is 10.2. The molecule has 2 heterocycles. The normalized spacial score (nSPS) is 19.4. The number of aromatic amines is 1. The summed E-state index contributed by atoms with van der Waals surface area (Å²) >= 11 is 0. The second-order valence-corrected chi connectivity index (χ2v) is 4.55. The molecule has 1 amide bonds. The number of nitrogens with one attached hydrogen (secondary N) is 3. The first-order chi connectivity index (χ1) is 8.75. The molecule has 1 aromatic rings. The van der Waals surface area contributed by atoms with E-state index in [4.69, 9.17) is 0 Å². The van der Waals surface area contributed by atoms with Gasteiger partial charge in [-0.1, -0.05) is 0 Å². The van der Waals surface area contributed by atoms with E-state index in [1.807, 2.05) is 0 Å². The highest BCUT2D eigenvalue weighted by atomic mass is 16.2. The lowest BCUT2D eigenvalue weighted by Gasteiger charge is -2.22. The Kier molecular flexibility index (Phi) is 4.46. The standard InChI is InChI=1S/C12H18N4O2/c17-11-8-15-10(7-16-11)12(18)14-5-3-9-2-1-4-13-6-9/h7-9,13H,1-6H2,(H,14,18)(H,16,17). The molecule has 6 nitrogen and oxygen atoms in total. The summed E-state index contributed by atoms with van der Waals surface area (Å²) in [6.07, 6.45) is 5.85. The zero-order chi connectivity index (χ0) is 12.8. The highest BCUT2D eigenvalue weighted by molar-refractivity contribution is 5.91. The van der Waals surface area contributed by atoms with Gasteiger partial charge in [-0.05, 0) is 38.3 Å². The first-order valence-electron chi connectivity index (χ1n) is 6.29. The van der Waals surface area contributed by atoms with Gasteiger partial charge < -0.3 is 15.6 Å². The SMILES string of the molecule is O=C(NCCC1CCCNC1)c1c[nH]c(=O)cn1. The number of carbonyl (C=O) groups is 1. The summed E-state index contributed by atoms with van der Waals surface area (Å²) < 4.78 is 0. The van der Waals surface area contributed by atoms with Crippen LogP contribution in [0.15, 0.2) is 17.2 Å². The molecule has 0 spiro atoms. The van der Waals surface area contributed by atoms with Gasteiger partial charge in [0.2, 0.25) is 0 Å². The Bertz CT molecular complexity index is 431. The highest BCUT2D eigenvalue weighted by Gasteiger charge is 2.13. The minimum absolute atomic E-state index is 0.241. The lowest BCUT2D eigenvalue weighted by Crippen LogP contribution is -2.33. The van der Waals surface area contributed by atoms with Crippen LogP contribution in [0.5, 0.6) is 0 Å². The van der Waals surface area contributed by atoms with Crippen molar-refractivity contribution < 1.29 is 4.79 Å². The predicted octanol–water partition coefficient (Wildman–Crippen LogP) is -0.111. The molecular formula is C12H18N4O2. The quantitative estimate of drug-likeness (QED) is 0.696. The van der Waals surface area contributed by atoms with Gasteiger partial charge in [0.25, 0.3) is 11.5 Å². The van der Waals surface area contributed by atoms with Crippen molar-refractivity contribution in [2.45, 2.75) is 19.3 Å². The van der Waals surface area contributed by atoms with Crippen molar-refractivity contribution in [1.82, 2.24) is 20.6 Å². The van der Waals surface area contributed by atoms with Crippen LogP contribution in [0.4, 0.5) is 0 Å². The summed E-state index contributed by atoms with van der Waals surface area (Å²) in [7, 11) is 0. The molecule has 1 atom stereocenters. The molecule has 1 saturated heterocycles. The molecule has 0 saturated carbocycles. The predicted molar refractivity (Wildman–Crippen MR) is 67.4 cm³/mol. The number of hydrogen-bond acceptors (Lipinski definition) is 4. The van der Waals surface area contributed by atoms with Crippen molar-refractivity contribution in [3.8, 4) is 0 Å². The number of carbonyl (C=O) groups excluding carboxylic acids is 1. The van der Waals surface area contributed by atoms with Crippen LogP contribution >= 0.6 is 0 Å². The van der Waals surface area contributed by atoms with Crippen molar-refractivity contribution in [2.24, 2.45) is 5.92 Å². The monoisotopic (exact) mass is 250 g/mol. The molecule has 1 unspecified atom stereocenters. The minimum Gasteiger partial charge on any atom is -0.351 e. The fraction of sp³-hybridized carbons (Fsp3) is 0.583. The molecule has 3 N–H and O–H groups in total. The van der Waals surface area contributed by atoms with Gasteiger partial charge in [0.05, 0.1) is 6.20 Å². The summed E-state index contributed by atoms with van der Waals surface area (Å²) in [6, 6.07) is 0. The van der Waals surface area contributed by atoms with Gasteiger partial charge in [0.1, 0.15) is 5.69 Å².